The van der Waals surface area contributed by atoms with Gasteiger partial charge in [-0.05, 0) is 98.2 Å². The molecule has 6 atom stereocenters. The minimum absolute atomic E-state index is 0.0684. The largest absolute Gasteiger partial charge is 0.459 e. The van der Waals surface area contributed by atoms with Crippen LogP contribution in [-0.2, 0) is 14.3 Å². The highest BCUT2D eigenvalue weighted by Gasteiger charge is 2.65. The fraction of sp³-hybridized carbons (Fsp3) is 0.561. The number of nitrogens with zero attached hydrogens (tertiary/aromatic N) is 2. The van der Waals surface area contributed by atoms with Crippen LogP contribution in [-0.4, -0.2) is 91.0 Å². The molecule has 290 valence electrons. The van der Waals surface area contributed by atoms with Crippen LogP contribution >= 0.6 is 23.4 Å². The maximum absolute atomic E-state index is 13.9. The Morgan fingerprint density at radius 1 is 1.11 bits per heavy atom. The monoisotopic (exact) mass is 770 g/mol. The Balaban J connectivity index is 1.74. The van der Waals surface area contributed by atoms with E-state index in [1.54, 1.807) is 22.7 Å². The maximum Gasteiger partial charge on any atom is 0.410 e. The number of amides is 1. The number of carbonyl (C=O) groups is 1. The van der Waals surface area contributed by atoms with Gasteiger partial charge in [-0.2, -0.15) is 0 Å². The van der Waals surface area contributed by atoms with Crippen LogP contribution < -0.4 is 9.47 Å². The average Bonchev–Trinajstić information content (AvgIpc) is 3.17. The Kier molecular flexibility index (Phi) is 15.4. The molecule has 1 fully saturated rings. The Labute approximate surface area is 323 Å². The number of hydrogen-bond acceptors (Lipinski definition) is 10. The van der Waals surface area contributed by atoms with Crippen LogP contribution in [0.5, 0.6) is 17.2 Å². The zero-order valence-electron chi connectivity index (χ0n) is 31.2. The van der Waals surface area contributed by atoms with Gasteiger partial charge >= 0.3 is 6.09 Å². The van der Waals surface area contributed by atoms with E-state index in [9.17, 15) is 15.0 Å². The molecule has 0 spiro atoms. The van der Waals surface area contributed by atoms with Crippen molar-refractivity contribution in [2.24, 2.45) is 22.9 Å². The molecule has 6 unspecified atom stereocenters. The molecule has 2 aliphatic carbocycles. The molecule has 0 bridgehead atoms. The van der Waals surface area contributed by atoms with Gasteiger partial charge in [-0.1, -0.05) is 37.1 Å². The van der Waals surface area contributed by atoms with Gasteiger partial charge in [-0.25, -0.2) is 4.79 Å². The number of allylic oxidation sites excluding steroid dienone is 1. The summed E-state index contributed by atoms with van der Waals surface area (Å²) in [5.74, 6) is 0.556. The summed E-state index contributed by atoms with van der Waals surface area (Å²) in [5.41, 5.74) is 2.69. The van der Waals surface area contributed by atoms with Crippen LogP contribution in [0.25, 0.3) is 0 Å². The van der Waals surface area contributed by atoms with Crippen molar-refractivity contribution in [1.82, 2.24) is 4.90 Å². The van der Waals surface area contributed by atoms with Crippen LogP contribution in [0.3, 0.4) is 0 Å². The molecule has 2 aromatic rings. The molecule has 3 aliphatic rings. The van der Waals surface area contributed by atoms with Crippen molar-refractivity contribution in [3.05, 3.63) is 72.3 Å². The van der Waals surface area contributed by atoms with Crippen molar-refractivity contribution in [2.45, 2.75) is 80.9 Å². The number of fused-ring (bicyclic) bond motifs is 2. The van der Waals surface area contributed by atoms with Gasteiger partial charge in [-0.15, -0.1) is 29.9 Å². The number of benzene rings is 2. The fourth-order valence-corrected chi connectivity index (χ4v) is 8.91. The minimum atomic E-state index is -1.35. The van der Waals surface area contributed by atoms with Crippen LogP contribution in [0.1, 0.15) is 69.8 Å². The summed E-state index contributed by atoms with van der Waals surface area (Å²) in [6.07, 6.45) is 11.3. The van der Waals surface area contributed by atoms with Crippen LogP contribution in [0.4, 0.5) is 4.79 Å². The highest BCUT2D eigenvalue weighted by atomic mass is 35.5. The molecule has 1 saturated carbocycles. The maximum atomic E-state index is 13.9. The molecule has 0 saturated heterocycles. The van der Waals surface area contributed by atoms with Crippen molar-refractivity contribution in [3.63, 3.8) is 0 Å². The summed E-state index contributed by atoms with van der Waals surface area (Å²) in [6, 6.07) is 13.3. The molecule has 2 aromatic carbocycles. The lowest BCUT2D eigenvalue weighted by molar-refractivity contribution is -0.255. The van der Waals surface area contributed by atoms with E-state index in [0.29, 0.717) is 43.7 Å². The van der Waals surface area contributed by atoms with E-state index in [2.05, 4.69) is 23.9 Å². The van der Waals surface area contributed by atoms with E-state index in [1.165, 1.54) is 7.11 Å². The van der Waals surface area contributed by atoms with E-state index in [1.807, 2.05) is 49.6 Å². The van der Waals surface area contributed by atoms with Gasteiger partial charge in [0, 0.05) is 42.6 Å². The second-order valence-corrected chi connectivity index (χ2v) is 15.0. The first-order valence-electron chi connectivity index (χ1n) is 18.8. The molecule has 1 heterocycles. The fourth-order valence-electron chi connectivity index (χ4n) is 8.43. The van der Waals surface area contributed by atoms with Crippen LogP contribution in [0.2, 0.25) is 0 Å². The number of carbonyl (C=O) groups excluding carboxylic acids is 1. The summed E-state index contributed by atoms with van der Waals surface area (Å²) in [5, 5.41) is 24.2. The Bertz CT molecular complexity index is 1570. The third-order valence-corrected chi connectivity index (χ3v) is 11.4. The molecule has 53 heavy (non-hydrogen) atoms. The second-order valence-electron chi connectivity index (χ2n) is 13.7. The van der Waals surface area contributed by atoms with Gasteiger partial charge in [0.2, 0.25) is 5.79 Å². The summed E-state index contributed by atoms with van der Waals surface area (Å²) in [6.45, 7) is 6.88. The van der Waals surface area contributed by atoms with Crippen molar-refractivity contribution >= 4 is 35.2 Å². The van der Waals surface area contributed by atoms with Gasteiger partial charge in [0.1, 0.15) is 37.0 Å². The molecule has 12 heteroatoms. The number of thioether (sulfide) groups is 1. The van der Waals surface area contributed by atoms with E-state index in [4.69, 9.17) is 35.4 Å². The zero-order chi connectivity index (χ0) is 37.8. The van der Waals surface area contributed by atoms with Crippen molar-refractivity contribution in [1.29, 1.82) is 0 Å². The number of aliphatic hydroxyl groups excluding tert-OH is 2. The van der Waals surface area contributed by atoms with Crippen molar-refractivity contribution in [3.8, 4) is 17.2 Å². The molecule has 1 amide bonds. The lowest BCUT2D eigenvalue weighted by Gasteiger charge is -2.59. The minimum Gasteiger partial charge on any atom is -0.459 e. The summed E-state index contributed by atoms with van der Waals surface area (Å²) in [7, 11) is 1.54. The number of unbranched alkanes of at least 4 members (excludes halogenated alkanes) is 2. The van der Waals surface area contributed by atoms with Crippen molar-refractivity contribution < 1.29 is 38.8 Å². The van der Waals surface area contributed by atoms with Gasteiger partial charge in [0.25, 0.3) is 0 Å². The quantitative estimate of drug-likeness (QED) is 0.0449. The third kappa shape index (κ3) is 9.19. The standard InChI is InChI=1S/C41H55ClN2O8S/c1-5-20-44(40(47)49-24-19-42)37-27-35(43-48-3)33-25-28(11-7-9-21-45)32(12-8-10-22-46)38-34-26-30(51-29-13-16-31(53-4)17-14-29)15-18-36(34)52-41(37,39(33)38)50-23-6-2/h6,13-18,25-26,28,32,37-39,45-46H,2,5,7-12,19-24,27H2,1,3-4H3. The average molecular weight is 771 g/mol. The predicted molar refractivity (Wildman–Crippen MR) is 209 cm³/mol. The molecule has 2 N–H and O–H groups in total. The Hall–Kier alpha value is -3.22. The van der Waals surface area contributed by atoms with Gasteiger partial charge < -0.3 is 34.0 Å². The second kappa shape index (κ2) is 19.9. The van der Waals surface area contributed by atoms with E-state index in [0.717, 1.165) is 53.2 Å². The normalized spacial score (nSPS) is 25.1. The summed E-state index contributed by atoms with van der Waals surface area (Å²) in [4.78, 5) is 22.3. The van der Waals surface area contributed by atoms with Crippen LogP contribution in [0.15, 0.2) is 76.8 Å². The lowest BCUT2D eigenvalue weighted by Crippen LogP contribution is -2.70. The van der Waals surface area contributed by atoms with Gasteiger partial charge in [-0.3, -0.25) is 4.90 Å². The first-order valence-corrected chi connectivity index (χ1v) is 20.6. The summed E-state index contributed by atoms with van der Waals surface area (Å²) >= 11 is 7.65. The highest BCUT2D eigenvalue weighted by Crippen LogP contribution is 2.62. The first-order chi connectivity index (χ1) is 25.9. The zero-order valence-corrected chi connectivity index (χ0v) is 32.8. The number of alkyl halides is 1. The third-order valence-electron chi connectivity index (χ3n) is 10.5. The molecule has 5 rings (SSSR count). The van der Waals surface area contributed by atoms with Crippen LogP contribution in [0, 0.1) is 17.8 Å². The highest BCUT2D eigenvalue weighted by molar-refractivity contribution is 7.98. The Morgan fingerprint density at radius 2 is 1.85 bits per heavy atom. The molecule has 1 aliphatic heterocycles. The summed E-state index contributed by atoms with van der Waals surface area (Å²) < 4.78 is 26.3. The number of halogens is 1. The molecular weight excluding hydrogens is 716 g/mol. The number of hydrogen-bond donors (Lipinski definition) is 2. The lowest BCUT2D eigenvalue weighted by atomic mass is 9.55. The van der Waals surface area contributed by atoms with E-state index >= 15 is 0 Å². The molecule has 0 radical (unpaired) electrons. The number of oxime groups is 1. The van der Waals surface area contributed by atoms with Gasteiger partial charge in [0.05, 0.1) is 24.1 Å². The molecular formula is C41H55ClN2O8S. The van der Waals surface area contributed by atoms with E-state index in [-0.39, 0.29) is 50.1 Å². The topological polar surface area (TPSA) is 119 Å². The van der Waals surface area contributed by atoms with Gasteiger partial charge in [0.15, 0.2) is 0 Å². The first kappa shape index (κ1) is 41.0. The van der Waals surface area contributed by atoms with Crippen molar-refractivity contribution in [2.75, 3.05) is 52.2 Å². The van der Waals surface area contributed by atoms with E-state index < -0.39 is 23.8 Å². The molecule has 0 aromatic heterocycles. The smallest absolute Gasteiger partial charge is 0.410 e. The SMILES string of the molecule is C=CCOC12Oc3ccc(Oc4ccc(SC)cc4)cc3C3C(CCCCO)C(CCCCO)C=C(C(=NOC)CC1N(CCC)C(=O)OCCCl)C32. The number of aliphatic hydroxyl groups is 2. The Morgan fingerprint density at radius 3 is 2.51 bits per heavy atom. The number of rotatable bonds is 20. The number of ether oxygens (including phenoxy) is 4. The predicted octanol–water partition coefficient (Wildman–Crippen LogP) is 8.55. The molecule has 10 nitrogen and oxygen atoms in total.